The van der Waals surface area contributed by atoms with E-state index in [0.717, 1.165) is 51.4 Å². The number of ether oxygens (including phenoxy) is 1. The highest BCUT2D eigenvalue weighted by Gasteiger charge is 2.29. The zero-order valence-corrected chi connectivity index (χ0v) is 12.4. The molecule has 1 unspecified atom stereocenters. The van der Waals surface area contributed by atoms with Crippen LogP contribution in [0.25, 0.3) is 0 Å². The van der Waals surface area contributed by atoms with Crippen LogP contribution in [0.4, 0.5) is 5.82 Å². The molecule has 6 nitrogen and oxygen atoms in total. The summed E-state index contributed by atoms with van der Waals surface area (Å²) < 4.78 is 5.61. The number of nitrogens with zero attached hydrogens (tertiary/aromatic N) is 5. The predicted octanol–water partition coefficient (Wildman–Crippen LogP) is 1.04. The van der Waals surface area contributed by atoms with Gasteiger partial charge in [-0.25, -0.2) is 9.97 Å². The lowest BCUT2D eigenvalue weighted by molar-refractivity contribution is -0.0373. The second-order valence-corrected chi connectivity index (χ2v) is 5.73. The first kappa shape index (κ1) is 14.2. The van der Waals surface area contributed by atoms with Crippen LogP contribution < -0.4 is 4.90 Å². The van der Waals surface area contributed by atoms with Crippen LogP contribution in [0, 0.1) is 11.3 Å². The highest BCUT2D eigenvalue weighted by Crippen LogP contribution is 2.23. The predicted molar refractivity (Wildman–Crippen MR) is 79.0 cm³/mol. The van der Waals surface area contributed by atoms with Gasteiger partial charge in [0.15, 0.2) is 11.5 Å². The van der Waals surface area contributed by atoms with E-state index in [2.05, 4.69) is 32.8 Å². The third-order valence-corrected chi connectivity index (χ3v) is 4.34. The minimum absolute atomic E-state index is 0.335. The molecule has 2 fully saturated rings. The summed E-state index contributed by atoms with van der Waals surface area (Å²) in [6.45, 7) is 6.90. The fraction of sp³-hybridized carbons (Fsp3) is 0.667. The smallest absolute Gasteiger partial charge is 0.183 e. The second-order valence-electron chi connectivity index (χ2n) is 5.73. The topological polar surface area (TPSA) is 65.3 Å². The molecule has 0 bridgehead atoms. The van der Waals surface area contributed by atoms with Crippen molar-refractivity contribution in [1.82, 2.24) is 14.9 Å². The molecule has 3 heterocycles. The van der Waals surface area contributed by atoms with Crippen molar-refractivity contribution in [2.24, 2.45) is 0 Å². The standard InChI is InChI=1S/C15H21N5O/c1-12-11-20(8-9-21-12)13-2-6-19(7-3-13)15-14(10-16)17-4-5-18-15/h4-5,12-13H,2-3,6-9,11H2,1H3. The van der Waals surface area contributed by atoms with Crippen molar-refractivity contribution in [2.45, 2.75) is 31.9 Å². The van der Waals surface area contributed by atoms with Crippen molar-refractivity contribution >= 4 is 5.82 Å². The van der Waals surface area contributed by atoms with Crippen molar-refractivity contribution in [3.8, 4) is 6.07 Å². The van der Waals surface area contributed by atoms with E-state index in [9.17, 15) is 0 Å². The molecule has 2 saturated heterocycles. The van der Waals surface area contributed by atoms with Crippen molar-refractivity contribution in [3.63, 3.8) is 0 Å². The maximum absolute atomic E-state index is 9.13. The molecule has 0 aliphatic carbocycles. The summed E-state index contributed by atoms with van der Waals surface area (Å²) in [4.78, 5) is 13.2. The Balaban J connectivity index is 1.61. The minimum atomic E-state index is 0.335. The van der Waals surface area contributed by atoms with Gasteiger partial charge in [-0.2, -0.15) is 5.26 Å². The van der Waals surface area contributed by atoms with Crippen molar-refractivity contribution in [3.05, 3.63) is 18.1 Å². The van der Waals surface area contributed by atoms with Gasteiger partial charge in [-0.05, 0) is 19.8 Å². The third kappa shape index (κ3) is 3.14. The van der Waals surface area contributed by atoms with E-state index < -0.39 is 0 Å². The number of anilines is 1. The Labute approximate surface area is 125 Å². The lowest BCUT2D eigenvalue weighted by Gasteiger charge is -2.41. The van der Waals surface area contributed by atoms with E-state index in [1.807, 2.05) is 0 Å². The largest absolute Gasteiger partial charge is 0.376 e. The Morgan fingerprint density at radius 3 is 2.71 bits per heavy atom. The first-order chi connectivity index (χ1) is 10.3. The Bertz CT molecular complexity index is 521. The van der Waals surface area contributed by atoms with E-state index in [-0.39, 0.29) is 0 Å². The quantitative estimate of drug-likeness (QED) is 0.809. The first-order valence-electron chi connectivity index (χ1n) is 7.59. The average Bonchev–Trinajstić information content (AvgIpc) is 2.55. The number of aromatic nitrogens is 2. The minimum Gasteiger partial charge on any atom is -0.376 e. The summed E-state index contributed by atoms with van der Waals surface area (Å²) in [5.41, 5.74) is 0.427. The average molecular weight is 287 g/mol. The van der Waals surface area contributed by atoms with Crippen LogP contribution in [0.5, 0.6) is 0 Å². The summed E-state index contributed by atoms with van der Waals surface area (Å²) in [6, 6.07) is 2.75. The molecular weight excluding hydrogens is 266 g/mol. The van der Waals surface area contributed by atoms with E-state index >= 15 is 0 Å². The van der Waals surface area contributed by atoms with Crippen LogP contribution >= 0.6 is 0 Å². The van der Waals surface area contributed by atoms with Crippen LogP contribution in [0.1, 0.15) is 25.5 Å². The monoisotopic (exact) mass is 287 g/mol. The van der Waals surface area contributed by atoms with Crippen molar-refractivity contribution in [1.29, 1.82) is 5.26 Å². The van der Waals surface area contributed by atoms with Gasteiger partial charge < -0.3 is 9.64 Å². The van der Waals surface area contributed by atoms with Gasteiger partial charge in [-0.1, -0.05) is 0 Å². The molecule has 2 aliphatic rings. The molecule has 2 aliphatic heterocycles. The Kier molecular flexibility index (Phi) is 4.32. The Morgan fingerprint density at radius 1 is 1.24 bits per heavy atom. The number of hydrogen-bond donors (Lipinski definition) is 0. The number of nitriles is 1. The molecule has 112 valence electrons. The van der Waals surface area contributed by atoms with Crippen LogP contribution in [0.2, 0.25) is 0 Å². The van der Waals surface area contributed by atoms with Gasteiger partial charge in [0.05, 0.1) is 12.7 Å². The Morgan fingerprint density at radius 2 is 2.00 bits per heavy atom. The zero-order valence-electron chi connectivity index (χ0n) is 12.4. The lowest BCUT2D eigenvalue weighted by Crippen LogP contribution is -2.51. The number of piperidine rings is 1. The van der Waals surface area contributed by atoms with E-state index in [4.69, 9.17) is 10.00 Å². The second kappa shape index (κ2) is 6.37. The van der Waals surface area contributed by atoms with Crippen LogP contribution in [0.15, 0.2) is 12.4 Å². The molecule has 0 aromatic carbocycles. The highest BCUT2D eigenvalue weighted by molar-refractivity contribution is 5.49. The van der Waals surface area contributed by atoms with E-state index in [0.29, 0.717) is 17.8 Å². The maximum Gasteiger partial charge on any atom is 0.183 e. The molecule has 1 aromatic rings. The van der Waals surface area contributed by atoms with Crippen molar-refractivity contribution in [2.75, 3.05) is 37.7 Å². The summed E-state index contributed by atoms with van der Waals surface area (Å²) in [7, 11) is 0. The summed E-state index contributed by atoms with van der Waals surface area (Å²) >= 11 is 0. The van der Waals surface area contributed by atoms with Crippen LogP contribution in [-0.2, 0) is 4.74 Å². The molecule has 3 rings (SSSR count). The van der Waals surface area contributed by atoms with Gasteiger partial charge in [0.25, 0.3) is 0 Å². The summed E-state index contributed by atoms with van der Waals surface area (Å²) in [5, 5.41) is 9.13. The fourth-order valence-electron chi connectivity index (χ4n) is 3.26. The van der Waals surface area contributed by atoms with Crippen LogP contribution in [-0.4, -0.2) is 59.8 Å². The molecule has 0 spiro atoms. The molecule has 21 heavy (non-hydrogen) atoms. The summed E-state index contributed by atoms with van der Waals surface area (Å²) in [6.07, 6.45) is 5.78. The van der Waals surface area contributed by atoms with Gasteiger partial charge in [0.1, 0.15) is 6.07 Å². The van der Waals surface area contributed by atoms with E-state index in [1.165, 1.54) is 0 Å². The SMILES string of the molecule is CC1CN(C2CCN(c3nccnc3C#N)CC2)CCO1. The molecule has 0 N–H and O–H groups in total. The number of morpholine rings is 1. The van der Waals surface area contributed by atoms with Gasteiger partial charge >= 0.3 is 0 Å². The molecular formula is C15H21N5O. The first-order valence-corrected chi connectivity index (χ1v) is 7.59. The van der Waals surface area contributed by atoms with Crippen molar-refractivity contribution < 1.29 is 4.74 Å². The Hall–Kier alpha value is -1.71. The van der Waals surface area contributed by atoms with E-state index in [1.54, 1.807) is 12.4 Å². The molecule has 0 saturated carbocycles. The molecule has 1 aromatic heterocycles. The van der Waals surface area contributed by atoms with Gasteiger partial charge in [0, 0.05) is 44.6 Å². The zero-order chi connectivity index (χ0) is 14.7. The third-order valence-electron chi connectivity index (χ3n) is 4.34. The fourth-order valence-corrected chi connectivity index (χ4v) is 3.26. The van der Waals surface area contributed by atoms with Gasteiger partial charge in [-0.3, -0.25) is 4.90 Å². The van der Waals surface area contributed by atoms with Gasteiger partial charge in [-0.15, -0.1) is 0 Å². The molecule has 0 amide bonds. The van der Waals surface area contributed by atoms with Gasteiger partial charge in [0.2, 0.25) is 0 Å². The molecule has 1 atom stereocenters. The lowest BCUT2D eigenvalue weighted by atomic mass is 10.0. The normalized spacial score (nSPS) is 24.8. The molecule has 0 radical (unpaired) electrons. The maximum atomic E-state index is 9.13. The highest BCUT2D eigenvalue weighted by atomic mass is 16.5. The number of rotatable bonds is 2. The molecule has 6 heteroatoms. The number of hydrogen-bond acceptors (Lipinski definition) is 6. The summed E-state index contributed by atoms with van der Waals surface area (Å²) in [5.74, 6) is 0.730. The van der Waals surface area contributed by atoms with Crippen LogP contribution in [0.3, 0.4) is 0 Å².